The van der Waals surface area contributed by atoms with E-state index in [1.165, 1.54) is 0 Å². The maximum Gasteiger partial charge on any atom is 0.227 e. The monoisotopic (exact) mass is 348 g/mol. The minimum absolute atomic E-state index is 0.0951. The highest BCUT2D eigenvalue weighted by Gasteiger charge is 2.37. The van der Waals surface area contributed by atoms with Gasteiger partial charge in [0.1, 0.15) is 0 Å². The molecule has 134 valence electrons. The zero-order valence-electron chi connectivity index (χ0n) is 15.3. The van der Waals surface area contributed by atoms with E-state index in [1.54, 1.807) is 0 Å². The molecule has 3 N–H and O–H groups in total. The van der Waals surface area contributed by atoms with E-state index in [4.69, 9.17) is 5.73 Å². The Morgan fingerprint density at radius 3 is 2.62 bits per heavy atom. The summed E-state index contributed by atoms with van der Waals surface area (Å²) in [6.45, 7) is 4.41. The van der Waals surface area contributed by atoms with Crippen LogP contribution >= 0.6 is 0 Å². The number of carbonyl (C=O) groups is 2. The fraction of sp³-hybridized carbons (Fsp3) is 0.364. The Balaban J connectivity index is 1.71. The van der Waals surface area contributed by atoms with Crippen molar-refractivity contribution in [2.45, 2.75) is 39.7 Å². The summed E-state index contributed by atoms with van der Waals surface area (Å²) >= 11 is 0. The predicted molar refractivity (Wildman–Crippen MR) is 103 cm³/mol. The zero-order chi connectivity index (χ0) is 18.5. The number of rotatable bonds is 4. The number of carbonyl (C=O) groups excluding carboxylic acids is 2. The van der Waals surface area contributed by atoms with Crippen molar-refractivity contribution in [3.63, 3.8) is 0 Å². The average Bonchev–Trinajstić information content (AvgIpc) is 3.42. The van der Waals surface area contributed by atoms with Gasteiger partial charge >= 0.3 is 0 Å². The van der Waals surface area contributed by atoms with Gasteiger partial charge in [0, 0.05) is 29.1 Å². The fourth-order valence-electron chi connectivity index (χ4n) is 3.74. The summed E-state index contributed by atoms with van der Waals surface area (Å²) in [5.74, 6) is 0.474. The molecular formula is C22H24N2O2. The molecule has 1 saturated carbocycles. The molecule has 0 radical (unpaired) electrons. The number of anilines is 1. The molecule has 26 heavy (non-hydrogen) atoms. The first-order valence-electron chi connectivity index (χ1n) is 9.21. The van der Waals surface area contributed by atoms with Gasteiger partial charge in [0.2, 0.25) is 5.91 Å². The first-order valence-corrected chi connectivity index (χ1v) is 9.21. The molecule has 0 aromatic heterocycles. The highest BCUT2D eigenvalue weighted by molar-refractivity contribution is 6.05. The second-order valence-electron chi connectivity index (χ2n) is 8.10. The second-order valence-corrected chi connectivity index (χ2v) is 8.10. The summed E-state index contributed by atoms with van der Waals surface area (Å²) in [7, 11) is 0. The molecule has 4 rings (SSSR count). The van der Waals surface area contributed by atoms with Crippen molar-refractivity contribution in [2.24, 2.45) is 17.1 Å². The molecule has 0 unspecified atom stereocenters. The Labute approximate surface area is 153 Å². The summed E-state index contributed by atoms with van der Waals surface area (Å²) in [5.41, 5.74) is 11.4. The van der Waals surface area contributed by atoms with Crippen LogP contribution in [0.2, 0.25) is 0 Å². The maximum absolute atomic E-state index is 12.5. The molecule has 2 aliphatic carbocycles. The van der Waals surface area contributed by atoms with E-state index >= 15 is 0 Å². The summed E-state index contributed by atoms with van der Waals surface area (Å²) in [6.07, 6.45) is 2.72. The highest BCUT2D eigenvalue weighted by atomic mass is 16.2. The lowest BCUT2D eigenvalue weighted by atomic mass is 9.89. The maximum atomic E-state index is 12.5. The van der Waals surface area contributed by atoms with Crippen molar-refractivity contribution in [2.75, 3.05) is 5.32 Å². The number of nitrogens with two attached hydrogens (primary N) is 1. The molecule has 0 bridgehead atoms. The Kier molecular flexibility index (Phi) is 3.96. The largest absolute Gasteiger partial charge is 0.326 e. The summed E-state index contributed by atoms with van der Waals surface area (Å²) in [4.78, 5) is 24.5. The van der Waals surface area contributed by atoms with Gasteiger partial charge in [-0.15, -0.1) is 0 Å². The lowest BCUT2D eigenvalue weighted by Gasteiger charge is -2.13. The van der Waals surface area contributed by atoms with Gasteiger partial charge < -0.3 is 11.1 Å². The number of nitrogens with one attached hydrogen (secondary N) is 1. The van der Waals surface area contributed by atoms with Crippen LogP contribution in [0.1, 0.15) is 48.2 Å². The molecule has 2 aliphatic rings. The number of hydrogen-bond donors (Lipinski definition) is 2. The molecule has 1 amide bonds. The predicted octanol–water partition coefficient (Wildman–Crippen LogP) is 3.93. The Morgan fingerprint density at radius 1 is 1.15 bits per heavy atom. The molecule has 4 heteroatoms. The molecule has 0 atom stereocenters. The first kappa shape index (κ1) is 17.0. The van der Waals surface area contributed by atoms with Crippen LogP contribution in [0.4, 0.5) is 5.69 Å². The van der Waals surface area contributed by atoms with Gasteiger partial charge in [-0.25, -0.2) is 0 Å². The molecule has 2 aromatic rings. The molecule has 0 saturated heterocycles. The topological polar surface area (TPSA) is 72.2 Å². The quantitative estimate of drug-likeness (QED) is 0.879. The van der Waals surface area contributed by atoms with E-state index in [-0.39, 0.29) is 23.0 Å². The number of amides is 1. The van der Waals surface area contributed by atoms with Crippen molar-refractivity contribution in [3.05, 3.63) is 53.1 Å². The standard InChI is InChI=1S/C22H24N2O2/c1-22(2)11-16-9-14(6-8-18(16)20(22)25)19-10-17(7-5-15(19)12-23)24-21(26)13-3-4-13/h5-10,13H,3-4,11-12,23H2,1-2H3,(H,24,26). The minimum atomic E-state index is -0.336. The molecule has 0 heterocycles. The zero-order valence-corrected chi connectivity index (χ0v) is 15.3. The van der Waals surface area contributed by atoms with E-state index in [1.807, 2.05) is 44.2 Å². The van der Waals surface area contributed by atoms with Crippen molar-refractivity contribution < 1.29 is 9.59 Å². The Bertz CT molecular complexity index is 910. The van der Waals surface area contributed by atoms with E-state index in [2.05, 4.69) is 11.4 Å². The van der Waals surface area contributed by atoms with Crippen molar-refractivity contribution in [1.29, 1.82) is 0 Å². The summed E-state index contributed by atoms with van der Waals surface area (Å²) < 4.78 is 0. The van der Waals surface area contributed by atoms with Crippen molar-refractivity contribution >= 4 is 17.4 Å². The van der Waals surface area contributed by atoms with Crippen LogP contribution < -0.4 is 11.1 Å². The normalized spacial score (nSPS) is 17.9. The highest BCUT2D eigenvalue weighted by Crippen LogP contribution is 2.39. The summed E-state index contributed by atoms with van der Waals surface area (Å²) in [6, 6.07) is 11.9. The molecule has 0 spiro atoms. The van der Waals surface area contributed by atoms with Gasteiger partial charge in [0.15, 0.2) is 5.78 Å². The number of benzene rings is 2. The van der Waals surface area contributed by atoms with Gasteiger partial charge in [-0.2, -0.15) is 0 Å². The second kappa shape index (κ2) is 6.06. The number of hydrogen-bond acceptors (Lipinski definition) is 3. The lowest BCUT2D eigenvalue weighted by molar-refractivity contribution is -0.117. The van der Waals surface area contributed by atoms with E-state index in [9.17, 15) is 9.59 Å². The summed E-state index contributed by atoms with van der Waals surface area (Å²) in [5, 5.41) is 3.00. The van der Waals surface area contributed by atoms with Gasteiger partial charge in [-0.3, -0.25) is 9.59 Å². The fourth-order valence-corrected chi connectivity index (χ4v) is 3.74. The van der Waals surface area contributed by atoms with Crippen LogP contribution in [0.15, 0.2) is 36.4 Å². The average molecular weight is 348 g/mol. The third-order valence-corrected chi connectivity index (χ3v) is 5.45. The molecule has 0 aliphatic heterocycles. The smallest absolute Gasteiger partial charge is 0.227 e. The van der Waals surface area contributed by atoms with Crippen LogP contribution in [0, 0.1) is 11.3 Å². The Morgan fingerprint density at radius 2 is 1.92 bits per heavy atom. The van der Waals surface area contributed by atoms with Crippen LogP contribution in [0.5, 0.6) is 0 Å². The number of Topliss-reactive ketones (excluding diaryl/α,β-unsaturated/α-hetero) is 1. The van der Waals surface area contributed by atoms with E-state index in [0.717, 1.165) is 52.8 Å². The van der Waals surface area contributed by atoms with Crippen molar-refractivity contribution in [3.8, 4) is 11.1 Å². The Hall–Kier alpha value is -2.46. The van der Waals surface area contributed by atoms with Gasteiger partial charge in [-0.1, -0.05) is 38.1 Å². The molecule has 4 nitrogen and oxygen atoms in total. The van der Waals surface area contributed by atoms with E-state index in [0.29, 0.717) is 6.54 Å². The van der Waals surface area contributed by atoms with Gasteiger partial charge in [0.05, 0.1) is 0 Å². The first-order chi connectivity index (χ1) is 12.4. The number of ketones is 1. The molecule has 1 fully saturated rings. The van der Waals surface area contributed by atoms with Crippen LogP contribution in [-0.4, -0.2) is 11.7 Å². The minimum Gasteiger partial charge on any atom is -0.326 e. The van der Waals surface area contributed by atoms with Crippen LogP contribution in [0.3, 0.4) is 0 Å². The van der Waals surface area contributed by atoms with E-state index < -0.39 is 0 Å². The number of fused-ring (bicyclic) bond motifs is 1. The molecule has 2 aromatic carbocycles. The third kappa shape index (κ3) is 2.95. The SMILES string of the molecule is CC1(C)Cc2cc(-c3cc(NC(=O)C4CC4)ccc3CN)ccc2C1=O. The third-order valence-electron chi connectivity index (χ3n) is 5.45. The molecular weight excluding hydrogens is 324 g/mol. The van der Waals surface area contributed by atoms with Crippen LogP contribution in [-0.2, 0) is 17.8 Å². The van der Waals surface area contributed by atoms with Gasteiger partial charge in [0.25, 0.3) is 0 Å². The lowest BCUT2D eigenvalue weighted by Crippen LogP contribution is -2.18. The van der Waals surface area contributed by atoms with Gasteiger partial charge in [-0.05, 0) is 53.6 Å². The van der Waals surface area contributed by atoms with Crippen molar-refractivity contribution in [1.82, 2.24) is 0 Å². The van der Waals surface area contributed by atoms with Crippen LogP contribution in [0.25, 0.3) is 11.1 Å².